The lowest BCUT2D eigenvalue weighted by Gasteiger charge is -2.52. The van der Waals surface area contributed by atoms with Gasteiger partial charge in [-0.15, -0.1) is 6.42 Å². The summed E-state index contributed by atoms with van der Waals surface area (Å²) < 4.78 is 0. The Morgan fingerprint density at radius 1 is 1.17 bits per heavy atom. The van der Waals surface area contributed by atoms with E-state index in [1.807, 2.05) is 0 Å². The number of phenols is 1. The minimum Gasteiger partial charge on any atom is -0.508 e. The molecule has 3 rings (SSSR count). The highest BCUT2D eigenvalue weighted by molar-refractivity contribution is 5.31. The summed E-state index contributed by atoms with van der Waals surface area (Å²) >= 11 is 0. The van der Waals surface area contributed by atoms with E-state index in [1.165, 1.54) is 5.56 Å². The Labute approximate surface area is 139 Å². The van der Waals surface area contributed by atoms with Gasteiger partial charge in [-0.25, -0.2) is 0 Å². The first-order chi connectivity index (χ1) is 11.0. The van der Waals surface area contributed by atoms with E-state index in [2.05, 4.69) is 31.9 Å². The fourth-order valence-corrected chi connectivity index (χ4v) is 5.77. The molecule has 2 aliphatic rings. The van der Waals surface area contributed by atoms with Crippen LogP contribution < -0.4 is 0 Å². The van der Waals surface area contributed by atoms with Crippen LogP contribution in [0.4, 0.5) is 0 Å². The summed E-state index contributed by atoms with van der Waals surface area (Å²) in [4.78, 5) is 0. The van der Waals surface area contributed by atoms with Crippen LogP contribution in [0.5, 0.6) is 5.75 Å². The van der Waals surface area contributed by atoms with Crippen LogP contribution in [0.1, 0.15) is 63.9 Å². The highest BCUT2D eigenvalue weighted by atomic mass is 16.3. The number of phenolic OH excluding ortho intramolecular Hbond substituents is 1. The quantitative estimate of drug-likeness (QED) is 0.809. The third-order valence-electron chi connectivity index (χ3n) is 6.95. The van der Waals surface area contributed by atoms with Gasteiger partial charge >= 0.3 is 0 Å². The maximum atomic E-state index is 11.1. The van der Waals surface area contributed by atoms with Gasteiger partial charge in [-0.05, 0) is 67.6 Å². The molecule has 2 nitrogen and oxygen atoms in total. The SMILES string of the molecule is C#CC1(O)CCC2C(CC)C(c3ccc(O)cc3)CCC21CC. The van der Waals surface area contributed by atoms with Crippen molar-refractivity contribution in [1.29, 1.82) is 0 Å². The standard InChI is InChI=1S/C21H28O2/c1-4-17-18(15-7-9-16(22)10-8-15)11-13-20(5-2)19(17)12-14-21(20,23)6-3/h3,7-10,17-19,22-23H,4-5,11-14H2,1-2H3. The molecule has 2 fully saturated rings. The van der Waals surface area contributed by atoms with Crippen molar-refractivity contribution < 1.29 is 10.2 Å². The third kappa shape index (κ3) is 2.29. The molecule has 0 bridgehead atoms. The largest absolute Gasteiger partial charge is 0.508 e. The first kappa shape index (κ1) is 16.4. The average Bonchev–Trinajstić information content (AvgIpc) is 2.89. The van der Waals surface area contributed by atoms with Crippen molar-refractivity contribution in [1.82, 2.24) is 0 Å². The van der Waals surface area contributed by atoms with E-state index in [9.17, 15) is 10.2 Å². The molecule has 1 aromatic rings. The van der Waals surface area contributed by atoms with Crippen molar-refractivity contribution in [2.75, 3.05) is 0 Å². The summed E-state index contributed by atoms with van der Waals surface area (Å²) in [5.74, 6) is 4.63. The molecular formula is C21H28O2. The van der Waals surface area contributed by atoms with Gasteiger partial charge in [0.15, 0.2) is 0 Å². The van der Waals surface area contributed by atoms with Crippen LogP contribution in [0.15, 0.2) is 24.3 Å². The predicted molar refractivity (Wildman–Crippen MR) is 93.1 cm³/mol. The zero-order valence-corrected chi connectivity index (χ0v) is 14.3. The Morgan fingerprint density at radius 2 is 1.87 bits per heavy atom. The molecule has 0 heterocycles. The topological polar surface area (TPSA) is 40.5 Å². The summed E-state index contributed by atoms with van der Waals surface area (Å²) in [5.41, 5.74) is 0.269. The molecule has 0 aromatic heterocycles. The van der Waals surface area contributed by atoms with E-state index in [0.717, 1.165) is 38.5 Å². The van der Waals surface area contributed by atoms with Crippen LogP contribution in [0.3, 0.4) is 0 Å². The first-order valence-corrected chi connectivity index (χ1v) is 9.00. The van der Waals surface area contributed by atoms with Crippen LogP contribution in [0, 0.1) is 29.6 Å². The van der Waals surface area contributed by atoms with Gasteiger partial charge in [-0.3, -0.25) is 0 Å². The molecule has 124 valence electrons. The van der Waals surface area contributed by atoms with Crippen molar-refractivity contribution in [2.45, 2.75) is 63.9 Å². The van der Waals surface area contributed by atoms with Gasteiger partial charge in [0.05, 0.1) is 0 Å². The number of fused-ring (bicyclic) bond motifs is 1. The fraction of sp³-hybridized carbons (Fsp3) is 0.619. The highest BCUT2D eigenvalue weighted by Gasteiger charge is 2.61. The Kier molecular flexibility index (Phi) is 4.19. The van der Waals surface area contributed by atoms with Crippen LogP contribution in [0.25, 0.3) is 0 Å². The van der Waals surface area contributed by atoms with Crippen molar-refractivity contribution in [3.8, 4) is 18.1 Å². The van der Waals surface area contributed by atoms with Crippen LogP contribution >= 0.6 is 0 Å². The second-order valence-electron chi connectivity index (χ2n) is 7.47. The number of aliphatic hydroxyl groups is 1. The number of terminal acetylenes is 1. The van der Waals surface area contributed by atoms with Gasteiger partial charge in [0, 0.05) is 5.41 Å². The Morgan fingerprint density at radius 3 is 2.43 bits per heavy atom. The van der Waals surface area contributed by atoms with E-state index < -0.39 is 5.60 Å². The van der Waals surface area contributed by atoms with Crippen LogP contribution in [-0.2, 0) is 0 Å². The van der Waals surface area contributed by atoms with E-state index in [0.29, 0.717) is 23.5 Å². The molecule has 2 saturated carbocycles. The molecule has 2 aliphatic carbocycles. The summed E-state index contributed by atoms with van der Waals surface area (Å²) in [6.45, 7) is 4.45. The van der Waals surface area contributed by atoms with E-state index in [1.54, 1.807) is 12.1 Å². The second kappa shape index (κ2) is 5.87. The molecule has 1 aromatic carbocycles. The third-order valence-corrected chi connectivity index (χ3v) is 6.95. The van der Waals surface area contributed by atoms with Gasteiger partial charge in [0.25, 0.3) is 0 Å². The first-order valence-electron chi connectivity index (χ1n) is 9.00. The van der Waals surface area contributed by atoms with Crippen molar-refractivity contribution in [3.63, 3.8) is 0 Å². The number of rotatable bonds is 3. The molecule has 0 spiro atoms. The molecule has 5 atom stereocenters. The number of hydrogen-bond acceptors (Lipinski definition) is 2. The monoisotopic (exact) mass is 312 g/mol. The lowest BCUT2D eigenvalue weighted by Crippen LogP contribution is -2.50. The van der Waals surface area contributed by atoms with Gasteiger partial charge < -0.3 is 10.2 Å². The zero-order valence-electron chi connectivity index (χ0n) is 14.3. The fourth-order valence-electron chi connectivity index (χ4n) is 5.77. The van der Waals surface area contributed by atoms with Crippen molar-refractivity contribution in [2.24, 2.45) is 17.3 Å². The number of benzene rings is 1. The summed E-state index contributed by atoms with van der Waals surface area (Å²) in [6, 6.07) is 7.69. The average molecular weight is 312 g/mol. The Balaban J connectivity index is 1.97. The number of hydrogen-bond donors (Lipinski definition) is 2. The van der Waals surface area contributed by atoms with Gasteiger partial charge in [0.1, 0.15) is 11.4 Å². The number of aromatic hydroxyl groups is 1. The summed E-state index contributed by atoms with van der Waals surface area (Å²) in [6.07, 6.45) is 11.7. The highest BCUT2D eigenvalue weighted by Crippen LogP contribution is 2.64. The smallest absolute Gasteiger partial charge is 0.131 e. The Hall–Kier alpha value is -1.46. The van der Waals surface area contributed by atoms with E-state index in [-0.39, 0.29) is 5.41 Å². The molecule has 5 unspecified atom stereocenters. The second-order valence-corrected chi connectivity index (χ2v) is 7.47. The molecule has 0 saturated heterocycles. The normalized spacial score (nSPS) is 39.7. The molecular weight excluding hydrogens is 284 g/mol. The molecule has 0 amide bonds. The molecule has 2 heteroatoms. The van der Waals surface area contributed by atoms with E-state index in [4.69, 9.17) is 6.42 Å². The molecule has 23 heavy (non-hydrogen) atoms. The lowest BCUT2D eigenvalue weighted by molar-refractivity contribution is -0.0779. The summed E-state index contributed by atoms with van der Waals surface area (Å²) in [5, 5.41) is 20.6. The van der Waals surface area contributed by atoms with E-state index >= 15 is 0 Å². The van der Waals surface area contributed by atoms with Crippen molar-refractivity contribution in [3.05, 3.63) is 29.8 Å². The maximum absolute atomic E-state index is 11.1. The van der Waals surface area contributed by atoms with Gasteiger partial charge in [-0.1, -0.05) is 38.3 Å². The molecule has 0 aliphatic heterocycles. The van der Waals surface area contributed by atoms with Crippen LogP contribution in [0.2, 0.25) is 0 Å². The summed E-state index contributed by atoms with van der Waals surface area (Å²) in [7, 11) is 0. The van der Waals surface area contributed by atoms with Crippen molar-refractivity contribution >= 4 is 0 Å². The Bertz CT molecular complexity index is 599. The minimum absolute atomic E-state index is 0.115. The van der Waals surface area contributed by atoms with Gasteiger partial charge in [0.2, 0.25) is 0 Å². The minimum atomic E-state index is -0.931. The predicted octanol–water partition coefficient (Wildman–Crippen LogP) is 4.47. The lowest BCUT2D eigenvalue weighted by atomic mass is 9.53. The van der Waals surface area contributed by atoms with Gasteiger partial charge in [-0.2, -0.15) is 0 Å². The molecule has 2 N–H and O–H groups in total. The maximum Gasteiger partial charge on any atom is 0.131 e. The molecule has 0 radical (unpaired) electrons. The zero-order chi connectivity index (χ0) is 16.7. The van der Waals surface area contributed by atoms with Crippen LogP contribution in [-0.4, -0.2) is 15.8 Å².